The molecule has 0 aromatic heterocycles. The fourth-order valence-corrected chi connectivity index (χ4v) is 4.11. The number of hydrazone groups is 1. The number of carbonyl (C=O) groups excluding carboxylic acids is 1. The van der Waals surface area contributed by atoms with Crippen LogP contribution in [0.15, 0.2) is 102 Å². The molecule has 1 aliphatic rings. The van der Waals surface area contributed by atoms with E-state index in [1.54, 1.807) is 48.5 Å². The fraction of sp³-hybridized carbons (Fsp3) is 0.103. The normalized spacial score (nSPS) is 14.7. The Balaban J connectivity index is 1.27. The molecule has 198 valence electrons. The van der Waals surface area contributed by atoms with Gasteiger partial charge in [-0.1, -0.05) is 24.3 Å². The first-order chi connectivity index (χ1) is 18.8. The van der Waals surface area contributed by atoms with E-state index < -0.39 is 18.5 Å². The maximum absolute atomic E-state index is 13.9. The Morgan fingerprint density at radius 1 is 0.846 bits per heavy atom. The molecular weight excluding hydrogens is 514 g/mol. The number of amides is 2. The zero-order valence-electron chi connectivity index (χ0n) is 20.2. The molecule has 4 aromatic carbocycles. The predicted octanol–water partition coefficient (Wildman–Crippen LogP) is 7.39. The van der Waals surface area contributed by atoms with Crippen LogP contribution in [-0.4, -0.2) is 29.9 Å². The first-order valence-corrected chi connectivity index (χ1v) is 11.9. The van der Waals surface area contributed by atoms with Gasteiger partial charge in [0.15, 0.2) is 0 Å². The lowest BCUT2D eigenvalue weighted by Crippen LogP contribution is -2.30. The summed E-state index contributed by atoms with van der Waals surface area (Å²) in [6, 6.07) is 23.6. The summed E-state index contributed by atoms with van der Waals surface area (Å²) >= 11 is 0. The highest BCUT2D eigenvalue weighted by atomic mass is 19.3. The van der Waals surface area contributed by atoms with Gasteiger partial charge < -0.3 is 14.8 Å². The molecule has 0 radical (unpaired) electrons. The van der Waals surface area contributed by atoms with Crippen molar-refractivity contribution in [3.63, 3.8) is 0 Å². The van der Waals surface area contributed by atoms with Gasteiger partial charge >= 0.3 is 12.6 Å². The van der Waals surface area contributed by atoms with Gasteiger partial charge in [-0.2, -0.15) is 13.9 Å². The molecule has 0 saturated carbocycles. The van der Waals surface area contributed by atoms with Gasteiger partial charge in [0, 0.05) is 17.2 Å². The fourth-order valence-electron chi connectivity index (χ4n) is 4.11. The molecule has 5 rings (SSSR count). The molecule has 39 heavy (non-hydrogen) atoms. The Labute approximate surface area is 221 Å². The number of carbonyl (C=O) groups is 1. The van der Waals surface area contributed by atoms with Crippen molar-refractivity contribution < 1.29 is 31.8 Å². The summed E-state index contributed by atoms with van der Waals surface area (Å²) in [5, 5.41) is 8.49. The van der Waals surface area contributed by atoms with E-state index in [2.05, 4.69) is 15.2 Å². The molecule has 1 unspecified atom stereocenters. The number of nitrogens with zero attached hydrogens (tertiary/aromatic N) is 2. The molecule has 2 amide bonds. The van der Waals surface area contributed by atoms with Gasteiger partial charge in [0.05, 0.1) is 12.3 Å². The number of hydrogen-bond donors (Lipinski definition) is 1. The first kappa shape index (κ1) is 25.8. The van der Waals surface area contributed by atoms with Crippen LogP contribution in [0.2, 0.25) is 0 Å². The van der Waals surface area contributed by atoms with Crippen LogP contribution in [0.5, 0.6) is 17.2 Å². The number of ether oxygens (including phenoxy) is 2. The summed E-state index contributed by atoms with van der Waals surface area (Å²) < 4.78 is 62.1. The minimum Gasteiger partial charge on any atom is -0.457 e. The van der Waals surface area contributed by atoms with Crippen LogP contribution in [0, 0.1) is 11.6 Å². The molecule has 1 aliphatic heterocycles. The quantitative estimate of drug-likeness (QED) is 0.251. The minimum absolute atomic E-state index is 0.0159. The number of nitrogens with one attached hydrogen (secondary N) is 1. The van der Waals surface area contributed by atoms with Crippen LogP contribution in [-0.2, 0) is 0 Å². The topological polar surface area (TPSA) is 63.2 Å². The van der Waals surface area contributed by atoms with Gasteiger partial charge in [0.1, 0.15) is 28.9 Å². The molecule has 0 bridgehead atoms. The third-order valence-corrected chi connectivity index (χ3v) is 5.93. The number of rotatable bonds is 7. The van der Waals surface area contributed by atoms with Gasteiger partial charge in [0.25, 0.3) is 0 Å². The van der Waals surface area contributed by atoms with Crippen molar-refractivity contribution in [1.82, 2.24) is 5.01 Å². The maximum atomic E-state index is 13.9. The van der Waals surface area contributed by atoms with Crippen molar-refractivity contribution in [3.8, 4) is 17.2 Å². The van der Waals surface area contributed by atoms with Gasteiger partial charge in [-0.25, -0.2) is 18.6 Å². The highest BCUT2D eigenvalue weighted by Gasteiger charge is 2.32. The molecule has 10 heteroatoms. The summed E-state index contributed by atoms with van der Waals surface area (Å²) in [5.74, 6) is -0.318. The average Bonchev–Trinajstić information content (AvgIpc) is 3.37. The van der Waals surface area contributed by atoms with E-state index in [-0.39, 0.29) is 24.0 Å². The second kappa shape index (κ2) is 11.3. The van der Waals surface area contributed by atoms with E-state index in [0.29, 0.717) is 28.5 Å². The third-order valence-electron chi connectivity index (χ3n) is 5.93. The second-order valence-electron chi connectivity index (χ2n) is 8.59. The van der Waals surface area contributed by atoms with Gasteiger partial charge in [0.2, 0.25) is 0 Å². The zero-order chi connectivity index (χ0) is 27.4. The highest BCUT2D eigenvalue weighted by Crippen LogP contribution is 2.30. The lowest BCUT2D eigenvalue weighted by molar-refractivity contribution is -0.0498. The van der Waals surface area contributed by atoms with Crippen molar-refractivity contribution in [1.29, 1.82) is 0 Å². The molecule has 1 heterocycles. The molecule has 6 nitrogen and oxygen atoms in total. The molecule has 0 saturated heterocycles. The molecule has 1 N–H and O–H groups in total. The van der Waals surface area contributed by atoms with E-state index in [4.69, 9.17) is 4.74 Å². The summed E-state index contributed by atoms with van der Waals surface area (Å²) in [7, 11) is 0. The Kier molecular flexibility index (Phi) is 7.44. The van der Waals surface area contributed by atoms with Crippen molar-refractivity contribution >= 4 is 17.4 Å². The van der Waals surface area contributed by atoms with Crippen LogP contribution < -0.4 is 14.8 Å². The van der Waals surface area contributed by atoms with E-state index in [0.717, 1.165) is 5.56 Å². The largest absolute Gasteiger partial charge is 0.457 e. The van der Waals surface area contributed by atoms with Crippen molar-refractivity contribution in [3.05, 3.63) is 120 Å². The van der Waals surface area contributed by atoms with Crippen LogP contribution in [0.3, 0.4) is 0 Å². The number of anilines is 1. The van der Waals surface area contributed by atoms with Gasteiger partial charge in [-0.15, -0.1) is 0 Å². The zero-order valence-corrected chi connectivity index (χ0v) is 20.2. The van der Waals surface area contributed by atoms with Crippen LogP contribution in [0.4, 0.5) is 28.0 Å². The number of alkyl halides is 2. The smallest absolute Gasteiger partial charge is 0.387 e. The third kappa shape index (κ3) is 6.35. The van der Waals surface area contributed by atoms with Crippen molar-refractivity contribution in [2.75, 3.05) is 11.9 Å². The Bertz CT molecular complexity index is 1480. The summed E-state index contributed by atoms with van der Waals surface area (Å²) in [5.41, 5.74) is 2.23. The van der Waals surface area contributed by atoms with E-state index in [1.807, 2.05) is 0 Å². The summed E-state index contributed by atoms with van der Waals surface area (Å²) in [4.78, 5) is 13.1. The Hall–Kier alpha value is -4.86. The Morgan fingerprint density at radius 2 is 1.49 bits per heavy atom. The van der Waals surface area contributed by atoms with Crippen LogP contribution >= 0.6 is 0 Å². The molecule has 4 aromatic rings. The Morgan fingerprint density at radius 3 is 2.13 bits per heavy atom. The first-order valence-electron chi connectivity index (χ1n) is 11.9. The lowest BCUT2D eigenvalue weighted by atomic mass is 9.90. The van der Waals surface area contributed by atoms with Crippen LogP contribution in [0.1, 0.15) is 17.0 Å². The molecule has 0 aliphatic carbocycles. The van der Waals surface area contributed by atoms with Crippen LogP contribution in [0.25, 0.3) is 0 Å². The second-order valence-corrected chi connectivity index (χ2v) is 8.59. The van der Waals surface area contributed by atoms with Crippen molar-refractivity contribution in [2.24, 2.45) is 5.10 Å². The SMILES string of the molecule is O=C(Nc1ccc(Oc2ccc(OC(F)F)cc2)cc1)N1CC(c2ccc(F)cc2)C(c2cccc(F)c2)=N1. The predicted molar refractivity (Wildman–Crippen MR) is 137 cm³/mol. The van der Waals surface area contributed by atoms with E-state index >= 15 is 0 Å². The standard InChI is InChI=1S/C29H21F4N3O3/c30-20-6-4-18(5-7-20)26-17-36(35-27(26)19-2-1-3-21(31)16-19)29(37)34-22-8-10-23(11-9-22)38-24-12-14-25(15-13-24)39-28(32)33/h1-16,26,28H,17H2,(H,34,37). The summed E-state index contributed by atoms with van der Waals surface area (Å²) in [6.07, 6.45) is 0. The number of benzene rings is 4. The van der Waals surface area contributed by atoms with Gasteiger partial charge in [-0.05, 0) is 78.4 Å². The van der Waals surface area contributed by atoms with E-state index in [9.17, 15) is 22.4 Å². The average molecular weight is 535 g/mol. The molecule has 1 atom stereocenters. The van der Waals surface area contributed by atoms with Gasteiger partial charge in [-0.3, -0.25) is 0 Å². The van der Waals surface area contributed by atoms with E-state index in [1.165, 1.54) is 53.5 Å². The van der Waals surface area contributed by atoms with Crippen molar-refractivity contribution in [2.45, 2.75) is 12.5 Å². The number of hydrogen-bond acceptors (Lipinski definition) is 4. The highest BCUT2D eigenvalue weighted by molar-refractivity contribution is 6.07. The molecule has 0 spiro atoms. The number of urea groups is 1. The molecular formula is C29H21F4N3O3. The number of halogens is 4. The lowest BCUT2D eigenvalue weighted by Gasteiger charge is -2.16. The molecule has 0 fully saturated rings. The minimum atomic E-state index is -2.91. The monoisotopic (exact) mass is 535 g/mol. The summed E-state index contributed by atoms with van der Waals surface area (Å²) in [6.45, 7) is -2.73. The maximum Gasteiger partial charge on any atom is 0.387 e.